The number of hydrogen-bond acceptors (Lipinski definition) is 1. The van der Waals surface area contributed by atoms with Gasteiger partial charge < -0.3 is 5.32 Å². The number of rotatable bonds is 3. The lowest BCUT2D eigenvalue weighted by molar-refractivity contribution is 0.356. The maximum absolute atomic E-state index is 3.79. The average Bonchev–Trinajstić information content (AvgIpc) is 2.58. The van der Waals surface area contributed by atoms with E-state index >= 15 is 0 Å². The summed E-state index contributed by atoms with van der Waals surface area (Å²) in [6.07, 6.45) is 3.98. The minimum Gasteiger partial charge on any atom is -0.307 e. The monoisotopic (exact) mass is 231 g/mol. The Labute approximate surface area is 106 Å². The van der Waals surface area contributed by atoms with E-state index in [0.717, 1.165) is 0 Å². The van der Waals surface area contributed by atoms with Crippen molar-refractivity contribution in [2.75, 3.05) is 0 Å². The second-order valence-electron chi connectivity index (χ2n) is 6.35. The summed E-state index contributed by atoms with van der Waals surface area (Å²) >= 11 is 0. The molecular formula is C16H25N. The third kappa shape index (κ3) is 3.10. The molecular weight excluding hydrogens is 206 g/mol. The summed E-state index contributed by atoms with van der Waals surface area (Å²) in [5, 5.41) is 3.79. The van der Waals surface area contributed by atoms with Crippen molar-refractivity contribution in [3.8, 4) is 0 Å². The number of hydrogen-bond donors (Lipinski definition) is 1. The van der Waals surface area contributed by atoms with Gasteiger partial charge in [0.15, 0.2) is 0 Å². The Bertz CT molecular complexity index is 381. The van der Waals surface area contributed by atoms with Gasteiger partial charge in [-0.05, 0) is 49.7 Å². The molecule has 0 saturated heterocycles. The summed E-state index contributed by atoms with van der Waals surface area (Å²) < 4.78 is 0. The van der Waals surface area contributed by atoms with Crippen LogP contribution in [0.3, 0.4) is 0 Å². The molecule has 0 bridgehead atoms. The van der Waals surface area contributed by atoms with Crippen LogP contribution in [0.1, 0.15) is 57.2 Å². The maximum Gasteiger partial charge on any atom is 0.0296 e. The zero-order chi connectivity index (χ0) is 12.5. The van der Waals surface area contributed by atoms with Crippen molar-refractivity contribution < 1.29 is 0 Å². The van der Waals surface area contributed by atoms with Crippen LogP contribution in [-0.2, 0) is 0 Å². The Kier molecular flexibility index (Phi) is 3.58. The zero-order valence-corrected chi connectivity index (χ0v) is 11.6. The molecule has 1 fully saturated rings. The van der Waals surface area contributed by atoms with Gasteiger partial charge in [0.2, 0.25) is 0 Å². The van der Waals surface area contributed by atoms with E-state index in [2.05, 4.69) is 57.3 Å². The quantitative estimate of drug-likeness (QED) is 0.821. The summed E-state index contributed by atoms with van der Waals surface area (Å²) in [5.74, 6) is 0. The second kappa shape index (κ2) is 4.81. The molecule has 2 atom stereocenters. The minimum atomic E-state index is 0.468. The Morgan fingerprint density at radius 2 is 2.00 bits per heavy atom. The van der Waals surface area contributed by atoms with Gasteiger partial charge in [0.25, 0.3) is 0 Å². The Balaban J connectivity index is 1.99. The predicted octanol–water partition coefficient (Wildman–Crippen LogP) is 4.22. The molecule has 1 unspecified atom stereocenters. The van der Waals surface area contributed by atoms with Crippen LogP contribution in [0, 0.1) is 12.3 Å². The molecule has 0 heterocycles. The summed E-state index contributed by atoms with van der Waals surface area (Å²) in [5.41, 5.74) is 3.37. The van der Waals surface area contributed by atoms with Gasteiger partial charge in [-0.2, -0.15) is 0 Å². The van der Waals surface area contributed by atoms with E-state index in [0.29, 0.717) is 17.5 Å². The molecule has 94 valence electrons. The lowest BCUT2D eigenvalue weighted by atomic mass is 9.91. The van der Waals surface area contributed by atoms with E-state index in [9.17, 15) is 0 Å². The van der Waals surface area contributed by atoms with E-state index in [1.54, 1.807) is 0 Å². The number of nitrogens with one attached hydrogen (secondary N) is 1. The summed E-state index contributed by atoms with van der Waals surface area (Å²) in [7, 11) is 0. The highest BCUT2D eigenvalue weighted by atomic mass is 15.0. The SMILES string of the molecule is Cc1ccccc1[C@@H](C)NC1CCC(C)(C)C1. The molecule has 17 heavy (non-hydrogen) atoms. The van der Waals surface area contributed by atoms with Gasteiger partial charge >= 0.3 is 0 Å². The van der Waals surface area contributed by atoms with Gasteiger partial charge in [0.1, 0.15) is 0 Å². The largest absolute Gasteiger partial charge is 0.307 e. The van der Waals surface area contributed by atoms with Gasteiger partial charge in [-0.3, -0.25) is 0 Å². The topological polar surface area (TPSA) is 12.0 Å². The fourth-order valence-electron chi connectivity index (χ4n) is 3.09. The molecule has 1 aromatic carbocycles. The van der Waals surface area contributed by atoms with Crippen molar-refractivity contribution in [1.82, 2.24) is 5.32 Å². The number of aryl methyl sites for hydroxylation is 1. The molecule has 2 rings (SSSR count). The van der Waals surface area contributed by atoms with Crippen LogP contribution < -0.4 is 5.32 Å². The van der Waals surface area contributed by atoms with Crippen LogP contribution in [0.15, 0.2) is 24.3 Å². The first-order valence-electron chi connectivity index (χ1n) is 6.79. The maximum atomic E-state index is 3.79. The predicted molar refractivity (Wildman–Crippen MR) is 74.1 cm³/mol. The summed E-state index contributed by atoms with van der Waals surface area (Å²) in [6.45, 7) is 9.25. The third-order valence-corrected chi connectivity index (χ3v) is 4.11. The molecule has 0 amide bonds. The van der Waals surface area contributed by atoms with Crippen LogP contribution in [0.4, 0.5) is 0 Å². The minimum absolute atomic E-state index is 0.468. The van der Waals surface area contributed by atoms with Gasteiger partial charge in [0.05, 0.1) is 0 Å². The van der Waals surface area contributed by atoms with Crippen LogP contribution in [-0.4, -0.2) is 6.04 Å². The highest BCUT2D eigenvalue weighted by Crippen LogP contribution is 2.37. The standard InChI is InChI=1S/C16H25N/c1-12-7-5-6-8-15(12)13(2)17-14-9-10-16(3,4)11-14/h5-8,13-14,17H,9-11H2,1-4H3/t13-,14?/m1/s1. The molecule has 0 radical (unpaired) electrons. The summed E-state index contributed by atoms with van der Waals surface area (Å²) in [6, 6.07) is 9.86. The highest BCUT2D eigenvalue weighted by molar-refractivity contribution is 5.28. The fourth-order valence-corrected chi connectivity index (χ4v) is 3.09. The zero-order valence-electron chi connectivity index (χ0n) is 11.6. The van der Waals surface area contributed by atoms with Crippen LogP contribution >= 0.6 is 0 Å². The Morgan fingerprint density at radius 3 is 2.59 bits per heavy atom. The Hall–Kier alpha value is -0.820. The molecule has 1 saturated carbocycles. The van der Waals surface area contributed by atoms with Crippen molar-refractivity contribution in [2.45, 2.75) is 59.0 Å². The smallest absolute Gasteiger partial charge is 0.0296 e. The highest BCUT2D eigenvalue weighted by Gasteiger charge is 2.31. The lowest BCUT2D eigenvalue weighted by Gasteiger charge is -2.23. The average molecular weight is 231 g/mol. The van der Waals surface area contributed by atoms with Gasteiger partial charge in [-0.25, -0.2) is 0 Å². The lowest BCUT2D eigenvalue weighted by Crippen LogP contribution is -2.30. The molecule has 0 spiro atoms. The van der Waals surface area contributed by atoms with E-state index in [-0.39, 0.29) is 0 Å². The van der Waals surface area contributed by atoms with Crippen molar-refractivity contribution in [1.29, 1.82) is 0 Å². The first kappa shape index (κ1) is 12.6. The molecule has 0 aliphatic heterocycles. The molecule has 0 aromatic heterocycles. The molecule has 1 nitrogen and oxygen atoms in total. The van der Waals surface area contributed by atoms with Crippen molar-refractivity contribution >= 4 is 0 Å². The Morgan fingerprint density at radius 1 is 1.29 bits per heavy atom. The molecule has 1 heteroatoms. The van der Waals surface area contributed by atoms with E-state index < -0.39 is 0 Å². The van der Waals surface area contributed by atoms with E-state index in [1.165, 1.54) is 30.4 Å². The normalized spacial score (nSPS) is 24.8. The number of benzene rings is 1. The van der Waals surface area contributed by atoms with E-state index in [4.69, 9.17) is 0 Å². The van der Waals surface area contributed by atoms with E-state index in [1.807, 2.05) is 0 Å². The van der Waals surface area contributed by atoms with Crippen molar-refractivity contribution in [2.24, 2.45) is 5.41 Å². The van der Waals surface area contributed by atoms with Gasteiger partial charge in [-0.15, -0.1) is 0 Å². The first-order valence-corrected chi connectivity index (χ1v) is 6.79. The third-order valence-electron chi connectivity index (χ3n) is 4.11. The van der Waals surface area contributed by atoms with Crippen molar-refractivity contribution in [3.63, 3.8) is 0 Å². The molecule has 1 N–H and O–H groups in total. The van der Waals surface area contributed by atoms with Crippen molar-refractivity contribution in [3.05, 3.63) is 35.4 Å². The molecule has 1 aliphatic rings. The van der Waals surface area contributed by atoms with Gasteiger partial charge in [0, 0.05) is 12.1 Å². The fraction of sp³-hybridized carbons (Fsp3) is 0.625. The second-order valence-corrected chi connectivity index (χ2v) is 6.35. The van der Waals surface area contributed by atoms with Crippen LogP contribution in [0.25, 0.3) is 0 Å². The molecule has 1 aromatic rings. The van der Waals surface area contributed by atoms with Crippen LogP contribution in [0.2, 0.25) is 0 Å². The van der Waals surface area contributed by atoms with Crippen LogP contribution in [0.5, 0.6) is 0 Å². The van der Waals surface area contributed by atoms with Gasteiger partial charge in [-0.1, -0.05) is 38.1 Å². The first-order chi connectivity index (χ1) is 7.98. The molecule has 1 aliphatic carbocycles. The summed E-state index contributed by atoms with van der Waals surface area (Å²) in [4.78, 5) is 0.